The van der Waals surface area contributed by atoms with Crippen molar-refractivity contribution >= 4 is 34.0 Å². The molecule has 7 heteroatoms. The van der Waals surface area contributed by atoms with Crippen molar-refractivity contribution in [1.29, 1.82) is 0 Å². The van der Waals surface area contributed by atoms with Crippen LogP contribution < -0.4 is 15.5 Å². The fraction of sp³-hybridized carbons (Fsp3) is 0.312. The lowest BCUT2D eigenvalue weighted by Crippen LogP contribution is -2.39. The molecule has 3 heterocycles. The number of benzene rings is 1. The second-order valence-corrected chi connectivity index (χ2v) is 6.58. The second kappa shape index (κ2) is 5.66. The lowest BCUT2D eigenvalue weighted by Gasteiger charge is -2.23. The normalized spacial score (nSPS) is 19.6. The molecule has 4 rings (SSSR count). The summed E-state index contributed by atoms with van der Waals surface area (Å²) in [5.74, 6) is -0.127. The summed E-state index contributed by atoms with van der Waals surface area (Å²) < 4.78 is 0. The van der Waals surface area contributed by atoms with Gasteiger partial charge in [-0.3, -0.25) is 9.59 Å². The summed E-state index contributed by atoms with van der Waals surface area (Å²) in [5, 5.41) is 8.53. The van der Waals surface area contributed by atoms with E-state index in [9.17, 15) is 9.59 Å². The molecular weight excluding hydrogens is 312 g/mol. The van der Waals surface area contributed by atoms with Crippen LogP contribution in [0.5, 0.6) is 0 Å². The molecule has 0 unspecified atom stereocenters. The molecule has 6 nitrogen and oxygen atoms in total. The fourth-order valence-electron chi connectivity index (χ4n) is 3.14. The third kappa shape index (κ3) is 2.57. The van der Waals surface area contributed by atoms with Crippen molar-refractivity contribution in [2.75, 3.05) is 16.8 Å². The summed E-state index contributed by atoms with van der Waals surface area (Å²) in [7, 11) is 0. The SMILES string of the molecule is O=C1NCc2ccc(NC(=O)[C@@H]3CCCN3c3nccs3)cc21. The van der Waals surface area contributed by atoms with E-state index in [4.69, 9.17) is 0 Å². The third-order valence-electron chi connectivity index (χ3n) is 4.28. The van der Waals surface area contributed by atoms with Gasteiger partial charge in [0.1, 0.15) is 6.04 Å². The van der Waals surface area contributed by atoms with Crippen molar-refractivity contribution in [3.63, 3.8) is 0 Å². The summed E-state index contributed by atoms with van der Waals surface area (Å²) in [4.78, 5) is 30.7. The average molecular weight is 328 g/mol. The first-order valence-corrected chi connectivity index (χ1v) is 8.48. The Balaban J connectivity index is 1.52. The van der Waals surface area contributed by atoms with Gasteiger partial charge in [-0.1, -0.05) is 6.07 Å². The Morgan fingerprint density at radius 3 is 3.17 bits per heavy atom. The van der Waals surface area contributed by atoms with Crippen LogP contribution >= 0.6 is 11.3 Å². The van der Waals surface area contributed by atoms with Crippen LogP contribution in [0.4, 0.5) is 10.8 Å². The Bertz CT molecular complexity index is 759. The highest BCUT2D eigenvalue weighted by molar-refractivity contribution is 7.13. The minimum atomic E-state index is -0.205. The summed E-state index contributed by atoms with van der Waals surface area (Å²) in [6.45, 7) is 1.40. The van der Waals surface area contributed by atoms with Crippen LogP contribution in [0.3, 0.4) is 0 Å². The van der Waals surface area contributed by atoms with Crippen LogP contribution in [0.2, 0.25) is 0 Å². The molecule has 2 aliphatic rings. The van der Waals surface area contributed by atoms with E-state index >= 15 is 0 Å². The molecule has 2 N–H and O–H groups in total. The van der Waals surface area contributed by atoms with E-state index in [0.29, 0.717) is 17.8 Å². The maximum atomic E-state index is 12.6. The zero-order chi connectivity index (χ0) is 15.8. The van der Waals surface area contributed by atoms with Crippen molar-refractivity contribution in [1.82, 2.24) is 10.3 Å². The van der Waals surface area contributed by atoms with Gasteiger partial charge in [0.15, 0.2) is 5.13 Å². The number of nitrogens with zero attached hydrogens (tertiary/aromatic N) is 2. The Labute approximate surface area is 137 Å². The molecule has 1 saturated heterocycles. The molecule has 2 aromatic rings. The largest absolute Gasteiger partial charge is 0.348 e. The van der Waals surface area contributed by atoms with Crippen LogP contribution in [0.15, 0.2) is 29.8 Å². The zero-order valence-electron chi connectivity index (χ0n) is 12.4. The lowest BCUT2D eigenvalue weighted by atomic mass is 10.1. The standard InChI is InChI=1S/C16H16N4O2S/c21-14-12-8-11(4-3-10(12)9-18-14)19-15(22)13-2-1-6-20(13)16-17-5-7-23-16/h3-5,7-8,13H,1-2,6,9H2,(H,18,21)(H,19,22)/t13-/m0/s1. The Kier molecular flexibility index (Phi) is 3.49. The topological polar surface area (TPSA) is 74.3 Å². The fourth-order valence-corrected chi connectivity index (χ4v) is 3.86. The molecule has 0 saturated carbocycles. The van der Waals surface area contributed by atoms with Crippen molar-refractivity contribution in [2.45, 2.75) is 25.4 Å². The first-order valence-electron chi connectivity index (χ1n) is 7.60. The van der Waals surface area contributed by atoms with Gasteiger partial charge in [-0.25, -0.2) is 4.98 Å². The smallest absolute Gasteiger partial charge is 0.251 e. The van der Waals surface area contributed by atoms with Gasteiger partial charge in [-0.2, -0.15) is 0 Å². The molecular formula is C16H16N4O2S. The van der Waals surface area contributed by atoms with Gasteiger partial charge < -0.3 is 15.5 Å². The van der Waals surface area contributed by atoms with Gasteiger partial charge >= 0.3 is 0 Å². The number of rotatable bonds is 3. The highest BCUT2D eigenvalue weighted by Gasteiger charge is 2.32. The van der Waals surface area contributed by atoms with Crippen LogP contribution in [-0.4, -0.2) is 29.4 Å². The number of carbonyl (C=O) groups excluding carboxylic acids is 2. The van der Waals surface area contributed by atoms with Gasteiger partial charge in [0.05, 0.1) is 0 Å². The molecule has 1 atom stereocenters. The molecule has 118 valence electrons. The average Bonchev–Trinajstić information content (AvgIpc) is 3.27. The van der Waals surface area contributed by atoms with Gasteiger partial charge in [0.25, 0.3) is 5.91 Å². The molecule has 1 aromatic heterocycles. The molecule has 1 aromatic carbocycles. The van der Waals surface area contributed by atoms with E-state index in [0.717, 1.165) is 30.1 Å². The summed E-state index contributed by atoms with van der Waals surface area (Å²) in [6, 6.07) is 5.27. The number of hydrogen-bond acceptors (Lipinski definition) is 5. The van der Waals surface area contributed by atoms with Crippen LogP contribution in [0.1, 0.15) is 28.8 Å². The number of nitrogens with one attached hydrogen (secondary N) is 2. The van der Waals surface area contributed by atoms with Gasteiger partial charge in [0, 0.05) is 35.9 Å². The predicted molar refractivity (Wildman–Crippen MR) is 88.7 cm³/mol. The van der Waals surface area contributed by atoms with Crippen LogP contribution in [-0.2, 0) is 11.3 Å². The summed E-state index contributed by atoms with van der Waals surface area (Å²) in [6.07, 6.45) is 3.55. The first kappa shape index (κ1) is 14.2. The van der Waals surface area contributed by atoms with E-state index in [-0.39, 0.29) is 17.9 Å². The Morgan fingerprint density at radius 1 is 1.43 bits per heavy atom. The van der Waals surface area contributed by atoms with E-state index in [2.05, 4.69) is 20.5 Å². The van der Waals surface area contributed by atoms with E-state index < -0.39 is 0 Å². The number of amides is 2. The minimum Gasteiger partial charge on any atom is -0.348 e. The molecule has 2 amide bonds. The molecule has 0 aliphatic carbocycles. The maximum Gasteiger partial charge on any atom is 0.251 e. The van der Waals surface area contributed by atoms with Gasteiger partial charge in [-0.05, 0) is 30.5 Å². The highest BCUT2D eigenvalue weighted by atomic mass is 32.1. The lowest BCUT2D eigenvalue weighted by molar-refractivity contribution is -0.117. The molecule has 23 heavy (non-hydrogen) atoms. The molecule has 0 radical (unpaired) electrons. The first-order chi connectivity index (χ1) is 11.2. The molecule has 2 aliphatic heterocycles. The number of hydrogen-bond donors (Lipinski definition) is 2. The number of anilines is 2. The van der Waals surface area contributed by atoms with Crippen molar-refractivity contribution in [3.05, 3.63) is 40.9 Å². The van der Waals surface area contributed by atoms with E-state index in [1.54, 1.807) is 23.6 Å². The number of fused-ring (bicyclic) bond motifs is 1. The van der Waals surface area contributed by atoms with E-state index in [1.165, 1.54) is 0 Å². The highest BCUT2D eigenvalue weighted by Crippen LogP contribution is 2.28. The Hall–Kier alpha value is -2.41. The molecule has 0 spiro atoms. The van der Waals surface area contributed by atoms with Gasteiger partial charge in [-0.15, -0.1) is 11.3 Å². The van der Waals surface area contributed by atoms with Crippen LogP contribution in [0.25, 0.3) is 0 Å². The van der Waals surface area contributed by atoms with Crippen LogP contribution in [0, 0.1) is 0 Å². The maximum absolute atomic E-state index is 12.6. The monoisotopic (exact) mass is 328 g/mol. The van der Waals surface area contributed by atoms with Gasteiger partial charge in [0.2, 0.25) is 5.91 Å². The van der Waals surface area contributed by atoms with E-state index in [1.807, 2.05) is 17.5 Å². The summed E-state index contributed by atoms with van der Waals surface area (Å²) in [5.41, 5.74) is 2.28. The number of carbonyl (C=O) groups is 2. The molecule has 1 fully saturated rings. The third-order valence-corrected chi connectivity index (χ3v) is 5.09. The Morgan fingerprint density at radius 2 is 2.35 bits per heavy atom. The van der Waals surface area contributed by atoms with Crippen molar-refractivity contribution in [2.24, 2.45) is 0 Å². The number of aromatic nitrogens is 1. The number of thiazole rings is 1. The molecule has 0 bridgehead atoms. The van der Waals surface area contributed by atoms with Crippen molar-refractivity contribution < 1.29 is 9.59 Å². The second-order valence-electron chi connectivity index (χ2n) is 5.71. The zero-order valence-corrected chi connectivity index (χ0v) is 13.2. The predicted octanol–water partition coefficient (Wildman–Crippen LogP) is 1.99. The van der Waals surface area contributed by atoms with Crippen molar-refractivity contribution in [3.8, 4) is 0 Å². The minimum absolute atomic E-state index is 0.0453. The summed E-state index contributed by atoms with van der Waals surface area (Å²) >= 11 is 1.55. The quantitative estimate of drug-likeness (QED) is 0.904.